The van der Waals surface area contributed by atoms with E-state index in [-0.39, 0.29) is 47.8 Å². The third-order valence-corrected chi connectivity index (χ3v) is 5.14. The van der Waals surface area contributed by atoms with Gasteiger partial charge >= 0.3 is 0 Å². The number of aromatic nitrogens is 1. The Bertz CT molecular complexity index is 870. The van der Waals surface area contributed by atoms with Crippen molar-refractivity contribution in [2.45, 2.75) is 39.0 Å². The van der Waals surface area contributed by atoms with Gasteiger partial charge in [0.25, 0.3) is 0 Å². The van der Waals surface area contributed by atoms with Gasteiger partial charge in [0.2, 0.25) is 0 Å². The van der Waals surface area contributed by atoms with Crippen LogP contribution in [0, 0.1) is 5.82 Å². The molecule has 9 heteroatoms. The van der Waals surface area contributed by atoms with E-state index in [4.69, 9.17) is 9.47 Å². The van der Waals surface area contributed by atoms with Gasteiger partial charge in [-0.3, -0.25) is 4.99 Å². The van der Waals surface area contributed by atoms with Gasteiger partial charge in [0.1, 0.15) is 11.9 Å². The second-order valence-electron chi connectivity index (χ2n) is 7.53. The summed E-state index contributed by atoms with van der Waals surface area (Å²) in [5.74, 6) is 1.53. The van der Waals surface area contributed by atoms with Gasteiger partial charge in [-0.1, -0.05) is 19.1 Å². The number of nitrogens with zero attached hydrogens (tertiary/aromatic N) is 3. The Hall–Kier alpha value is -2.14. The largest absolute Gasteiger partial charge is 0.486 e. The Morgan fingerprint density at radius 1 is 1.34 bits per heavy atom. The summed E-state index contributed by atoms with van der Waals surface area (Å²) in [7, 11) is 1.72. The van der Waals surface area contributed by atoms with Crippen LogP contribution in [0.25, 0.3) is 0 Å². The molecule has 1 aromatic carbocycles. The number of para-hydroxylation sites is 1. The standard InChI is InChI=1S/C23H32FN5O2.HI/c1-4-19(31-21-8-6-5-7-20(21)24)15-28-23(25-3)27-14-18-9-10-26-22(13-18)29-11-12-30-17(2)16-29;/h5-10,13,17,19H,4,11-12,14-16H2,1-3H3,(H2,25,27,28);1H. The molecule has 0 saturated carbocycles. The van der Waals surface area contributed by atoms with Crippen LogP contribution in [0.3, 0.4) is 0 Å². The molecule has 0 spiro atoms. The van der Waals surface area contributed by atoms with Crippen LogP contribution in [0.2, 0.25) is 0 Å². The van der Waals surface area contributed by atoms with Crippen LogP contribution >= 0.6 is 24.0 Å². The van der Waals surface area contributed by atoms with E-state index in [9.17, 15) is 4.39 Å². The molecule has 7 nitrogen and oxygen atoms in total. The van der Waals surface area contributed by atoms with Crippen LogP contribution < -0.4 is 20.3 Å². The molecule has 3 rings (SSSR count). The number of hydrogen-bond donors (Lipinski definition) is 2. The first-order chi connectivity index (χ1) is 15.1. The molecule has 1 aliphatic rings. The van der Waals surface area contributed by atoms with E-state index in [1.54, 1.807) is 25.2 Å². The molecule has 2 aromatic rings. The number of halogens is 2. The van der Waals surface area contributed by atoms with Crippen molar-refractivity contribution in [3.63, 3.8) is 0 Å². The topological polar surface area (TPSA) is 71.0 Å². The fraction of sp³-hybridized carbons (Fsp3) is 0.478. The monoisotopic (exact) mass is 557 g/mol. The van der Waals surface area contributed by atoms with Gasteiger partial charge in [-0.15, -0.1) is 24.0 Å². The Balaban J connectivity index is 0.00000363. The fourth-order valence-corrected chi connectivity index (χ4v) is 3.38. The highest BCUT2D eigenvalue weighted by Gasteiger charge is 2.18. The van der Waals surface area contributed by atoms with Gasteiger partial charge in [0.05, 0.1) is 19.3 Å². The number of rotatable bonds is 8. The van der Waals surface area contributed by atoms with Crippen LogP contribution in [0.4, 0.5) is 10.2 Å². The van der Waals surface area contributed by atoms with Crippen molar-refractivity contribution in [3.8, 4) is 5.75 Å². The van der Waals surface area contributed by atoms with Crippen molar-refractivity contribution >= 4 is 35.8 Å². The summed E-state index contributed by atoms with van der Waals surface area (Å²) in [5.41, 5.74) is 1.11. The number of hydrogen-bond acceptors (Lipinski definition) is 5. The molecule has 2 atom stereocenters. The third-order valence-electron chi connectivity index (χ3n) is 5.14. The molecular formula is C23H33FIN5O2. The minimum absolute atomic E-state index is 0. The number of nitrogens with one attached hydrogen (secondary N) is 2. The van der Waals surface area contributed by atoms with E-state index >= 15 is 0 Å². The summed E-state index contributed by atoms with van der Waals surface area (Å²) in [6, 6.07) is 10.5. The van der Waals surface area contributed by atoms with Crippen molar-refractivity contribution in [2.24, 2.45) is 4.99 Å². The highest BCUT2D eigenvalue weighted by Crippen LogP contribution is 2.18. The summed E-state index contributed by atoms with van der Waals surface area (Å²) in [5, 5.41) is 6.58. The quantitative estimate of drug-likeness (QED) is 0.294. The first-order valence-corrected chi connectivity index (χ1v) is 10.8. The number of guanidine groups is 1. The number of morpholine rings is 1. The molecule has 176 valence electrons. The van der Waals surface area contributed by atoms with Crippen molar-refractivity contribution in [2.75, 3.05) is 38.2 Å². The Morgan fingerprint density at radius 3 is 2.88 bits per heavy atom. The zero-order valence-electron chi connectivity index (χ0n) is 18.9. The molecular weight excluding hydrogens is 524 g/mol. The second kappa shape index (κ2) is 13.4. The lowest BCUT2D eigenvalue weighted by Crippen LogP contribution is -2.42. The molecule has 0 radical (unpaired) electrons. The van der Waals surface area contributed by atoms with Crippen LogP contribution in [0.15, 0.2) is 47.6 Å². The number of ether oxygens (including phenoxy) is 2. The first kappa shape index (κ1) is 26.1. The van der Waals surface area contributed by atoms with Crippen LogP contribution in [-0.2, 0) is 11.3 Å². The van der Waals surface area contributed by atoms with E-state index in [1.165, 1.54) is 6.07 Å². The van der Waals surface area contributed by atoms with Crippen molar-refractivity contribution < 1.29 is 13.9 Å². The minimum atomic E-state index is -0.355. The van der Waals surface area contributed by atoms with E-state index < -0.39 is 0 Å². The van der Waals surface area contributed by atoms with E-state index in [2.05, 4.69) is 38.5 Å². The van der Waals surface area contributed by atoms with E-state index in [1.807, 2.05) is 19.2 Å². The lowest BCUT2D eigenvalue weighted by Gasteiger charge is -2.32. The van der Waals surface area contributed by atoms with Gasteiger partial charge in [0.15, 0.2) is 17.5 Å². The summed E-state index contributed by atoms with van der Waals surface area (Å²) < 4.78 is 25.3. The zero-order valence-corrected chi connectivity index (χ0v) is 21.2. The SMILES string of the molecule is CCC(CNC(=NC)NCc1ccnc(N2CCOC(C)C2)c1)Oc1ccccc1F.I. The molecule has 0 aliphatic carbocycles. The smallest absolute Gasteiger partial charge is 0.191 e. The highest BCUT2D eigenvalue weighted by molar-refractivity contribution is 14.0. The van der Waals surface area contributed by atoms with E-state index in [0.717, 1.165) is 37.5 Å². The number of aliphatic imine (C=N–C) groups is 1. The molecule has 0 amide bonds. The molecule has 2 unspecified atom stereocenters. The van der Waals surface area contributed by atoms with Crippen LogP contribution in [0.5, 0.6) is 5.75 Å². The maximum absolute atomic E-state index is 13.9. The molecule has 1 aliphatic heterocycles. The normalized spacial score (nSPS) is 17.3. The molecule has 1 aromatic heterocycles. The predicted molar refractivity (Wildman–Crippen MR) is 137 cm³/mol. The van der Waals surface area contributed by atoms with Crippen molar-refractivity contribution in [3.05, 3.63) is 54.0 Å². The van der Waals surface area contributed by atoms with Gasteiger partial charge in [-0.25, -0.2) is 9.37 Å². The molecule has 0 bridgehead atoms. The maximum atomic E-state index is 13.9. The van der Waals surface area contributed by atoms with E-state index in [0.29, 0.717) is 19.0 Å². The average molecular weight is 557 g/mol. The average Bonchev–Trinajstić information content (AvgIpc) is 2.79. The summed E-state index contributed by atoms with van der Waals surface area (Å²) in [4.78, 5) is 11.0. The van der Waals surface area contributed by atoms with Crippen LogP contribution in [-0.4, -0.2) is 56.4 Å². The molecule has 1 saturated heterocycles. The van der Waals surface area contributed by atoms with Crippen LogP contribution in [0.1, 0.15) is 25.8 Å². The highest BCUT2D eigenvalue weighted by atomic mass is 127. The number of benzene rings is 1. The fourth-order valence-electron chi connectivity index (χ4n) is 3.38. The maximum Gasteiger partial charge on any atom is 0.191 e. The first-order valence-electron chi connectivity index (χ1n) is 10.8. The van der Waals surface area contributed by atoms with Gasteiger partial charge in [-0.05, 0) is 43.2 Å². The minimum Gasteiger partial charge on any atom is -0.486 e. The lowest BCUT2D eigenvalue weighted by atomic mass is 10.2. The molecule has 1 fully saturated rings. The van der Waals surface area contributed by atoms with Gasteiger partial charge < -0.3 is 25.0 Å². The zero-order chi connectivity index (χ0) is 22.1. The lowest BCUT2D eigenvalue weighted by molar-refractivity contribution is 0.0529. The molecule has 2 heterocycles. The number of pyridine rings is 1. The summed E-state index contributed by atoms with van der Waals surface area (Å²) in [6.07, 6.45) is 2.60. The molecule has 32 heavy (non-hydrogen) atoms. The van der Waals surface area contributed by atoms with Gasteiger partial charge in [-0.2, -0.15) is 0 Å². The summed E-state index contributed by atoms with van der Waals surface area (Å²) in [6.45, 7) is 7.61. The predicted octanol–water partition coefficient (Wildman–Crippen LogP) is 3.59. The summed E-state index contributed by atoms with van der Waals surface area (Å²) >= 11 is 0. The third kappa shape index (κ3) is 7.77. The Morgan fingerprint density at radius 2 is 2.16 bits per heavy atom. The van der Waals surface area contributed by atoms with Gasteiger partial charge in [0, 0.05) is 32.9 Å². The second-order valence-corrected chi connectivity index (χ2v) is 7.53. The Labute approximate surface area is 206 Å². The Kier molecular flexibility index (Phi) is 10.9. The van der Waals surface area contributed by atoms with Crippen molar-refractivity contribution in [1.82, 2.24) is 15.6 Å². The van der Waals surface area contributed by atoms with Crippen molar-refractivity contribution in [1.29, 1.82) is 0 Å². The molecule has 2 N–H and O–H groups in total. The number of anilines is 1.